The van der Waals surface area contributed by atoms with Gasteiger partial charge in [0, 0.05) is 12.0 Å². The van der Waals surface area contributed by atoms with Crippen molar-refractivity contribution in [2.24, 2.45) is 0 Å². The van der Waals surface area contributed by atoms with E-state index in [1.54, 1.807) is 37.5 Å². The SMILES string of the molecule is C=C1C(c2ccc(O)cc2)=COC2=C1C(O)=CC(C)(O)C2. The highest BCUT2D eigenvalue weighted by Gasteiger charge is 2.34. The van der Waals surface area contributed by atoms with Crippen LogP contribution in [0, 0.1) is 0 Å². The number of allylic oxidation sites excluding steroid dienone is 2. The molecular weight excluding hydrogens is 268 g/mol. The summed E-state index contributed by atoms with van der Waals surface area (Å²) in [6, 6.07) is 6.66. The van der Waals surface area contributed by atoms with E-state index in [9.17, 15) is 15.3 Å². The number of ether oxygens (including phenoxy) is 1. The van der Waals surface area contributed by atoms with Crippen LogP contribution >= 0.6 is 0 Å². The second kappa shape index (κ2) is 4.53. The molecule has 3 rings (SSSR count). The monoisotopic (exact) mass is 284 g/mol. The van der Waals surface area contributed by atoms with Crippen LogP contribution in [0.3, 0.4) is 0 Å². The molecular formula is C17H16O4. The molecule has 4 nitrogen and oxygen atoms in total. The lowest BCUT2D eigenvalue weighted by molar-refractivity contribution is 0.0873. The molecule has 0 amide bonds. The summed E-state index contributed by atoms with van der Waals surface area (Å²) in [5.74, 6) is 0.654. The summed E-state index contributed by atoms with van der Waals surface area (Å²) in [7, 11) is 0. The minimum atomic E-state index is -1.13. The molecule has 0 radical (unpaired) electrons. The Kier molecular flexibility index (Phi) is 2.92. The van der Waals surface area contributed by atoms with Gasteiger partial charge in [0.15, 0.2) is 0 Å². The summed E-state index contributed by atoms with van der Waals surface area (Å²) in [6.45, 7) is 5.64. The molecule has 4 heteroatoms. The van der Waals surface area contributed by atoms with Crippen molar-refractivity contribution >= 4 is 5.57 Å². The largest absolute Gasteiger partial charge is 0.508 e. The van der Waals surface area contributed by atoms with Gasteiger partial charge in [-0.2, -0.15) is 0 Å². The molecule has 1 aromatic rings. The van der Waals surface area contributed by atoms with Gasteiger partial charge in [0.2, 0.25) is 0 Å². The highest BCUT2D eigenvalue weighted by Crippen LogP contribution is 2.42. The van der Waals surface area contributed by atoms with E-state index < -0.39 is 5.60 Å². The van der Waals surface area contributed by atoms with Crippen LogP contribution in [0.15, 0.2) is 65.8 Å². The van der Waals surface area contributed by atoms with Gasteiger partial charge >= 0.3 is 0 Å². The Bertz CT molecular complexity index is 703. The van der Waals surface area contributed by atoms with Gasteiger partial charge in [0.25, 0.3) is 0 Å². The van der Waals surface area contributed by atoms with E-state index in [1.807, 2.05) is 0 Å². The normalized spacial score (nSPS) is 25.0. The van der Waals surface area contributed by atoms with Crippen LogP contribution in [-0.4, -0.2) is 20.9 Å². The predicted molar refractivity (Wildman–Crippen MR) is 79.3 cm³/mol. The molecule has 0 saturated carbocycles. The van der Waals surface area contributed by atoms with Gasteiger partial charge in [-0.1, -0.05) is 18.7 Å². The van der Waals surface area contributed by atoms with Gasteiger partial charge in [-0.15, -0.1) is 0 Å². The molecule has 108 valence electrons. The minimum Gasteiger partial charge on any atom is -0.508 e. The lowest BCUT2D eigenvalue weighted by atomic mass is 9.83. The third-order valence-electron chi connectivity index (χ3n) is 3.63. The third-order valence-corrected chi connectivity index (χ3v) is 3.63. The molecule has 1 heterocycles. The number of aliphatic hydroxyl groups is 2. The standard InChI is InChI=1S/C17H16O4/c1-10-13(11-3-5-12(18)6-4-11)9-21-15-8-17(2,20)7-14(19)16(10)15/h3-7,9,18-20H,1,8H2,2H3. The van der Waals surface area contributed by atoms with Crippen molar-refractivity contribution in [3.8, 4) is 5.75 Å². The number of hydrogen-bond acceptors (Lipinski definition) is 4. The molecule has 1 atom stereocenters. The zero-order valence-electron chi connectivity index (χ0n) is 11.6. The Morgan fingerprint density at radius 3 is 2.52 bits per heavy atom. The second-order valence-corrected chi connectivity index (χ2v) is 5.54. The Hall–Kier alpha value is -2.46. The number of phenols is 1. The number of phenolic OH excluding ortho intramolecular Hbond substituents is 1. The van der Waals surface area contributed by atoms with Crippen LogP contribution in [0.25, 0.3) is 5.57 Å². The number of aliphatic hydroxyl groups excluding tert-OH is 1. The van der Waals surface area contributed by atoms with Crippen molar-refractivity contribution in [1.29, 1.82) is 0 Å². The second-order valence-electron chi connectivity index (χ2n) is 5.54. The molecule has 0 saturated heterocycles. The lowest BCUT2D eigenvalue weighted by Crippen LogP contribution is -2.28. The highest BCUT2D eigenvalue weighted by atomic mass is 16.5. The summed E-state index contributed by atoms with van der Waals surface area (Å²) in [5.41, 5.74) is 1.58. The zero-order chi connectivity index (χ0) is 15.2. The Morgan fingerprint density at radius 1 is 1.19 bits per heavy atom. The molecule has 0 spiro atoms. The van der Waals surface area contributed by atoms with E-state index in [2.05, 4.69) is 6.58 Å². The van der Waals surface area contributed by atoms with Crippen molar-refractivity contribution in [2.45, 2.75) is 18.9 Å². The van der Waals surface area contributed by atoms with Gasteiger partial charge in [0.1, 0.15) is 17.3 Å². The molecule has 0 aromatic heterocycles. The molecule has 1 aromatic carbocycles. The maximum absolute atomic E-state index is 10.2. The molecule has 1 unspecified atom stereocenters. The van der Waals surface area contributed by atoms with Crippen LogP contribution in [0.2, 0.25) is 0 Å². The maximum Gasteiger partial charge on any atom is 0.125 e. The smallest absolute Gasteiger partial charge is 0.125 e. The van der Waals surface area contributed by atoms with Crippen molar-refractivity contribution in [3.63, 3.8) is 0 Å². The third kappa shape index (κ3) is 2.34. The molecule has 1 aliphatic carbocycles. The topological polar surface area (TPSA) is 69.9 Å². The molecule has 0 fully saturated rings. The Balaban J connectivity index is 1.98. The van der Waals surface area contributed by atoms with E-state index in [0.29, 0.717) is 16.9 Å². The Labute approximate surface area is 122 Å². The lowest BCUT2D eigenvalue weighted by Gasteiger charge is -2.31. The summed E-state index contributed by atoms with van der Waals surface area (Å²) < 4.78 is 5.59. The van der Waals surface area contributed by atoms with E-state index in [-0.39, 0.29) is 17.9 Å². The molecule has 3 N–H and O–H groups in total. The Morgan fingerprint density at radius 2 is 1.86 bits per heavy atom. The first-order valence-electron chi connectivity index (χ1n) is 6.61. The maximum atomic E-state index is 10.2. The minimum absolute atomic E-state index is 0.0318. The zero-order valence-corrected chi connectivity index (χ0v) is 11.6. The van der Waals surface area contributed by atoms with Crippen LogP contribution in [0.4, 0.5) is 0 Å². The van der Waals surface area contributed by atoms with Crippen LogP contribution in [0.1, 0.15) is 18.9 Å². The first-order chi connectivity index (χ1) is 9.87. The first kappa shape index (κ1) is 13.5. The molecule has 21 heavy (non-hydrogen) atoms. The quantitative estimate of drug-likeness (QED) is 0.741. The van der Waals surface area contributed by atoms with Crippen molar-refractivity contribution in [3.05, 3.63) is 71.4 Å². The summed E-state index contributed by atoms with van der Waals surface area (Å²) in [6.07, 6.45) is 3.24. The summed E-state index contributed by atoms with van der Waals surface area (Å²) in [5, 5.41) is 29.6. The number of rotatable bonds is 1. The average Bonchev–Trinajstić information content (AvgIpc) is 2.38. The van der Waals surface area contributed by atoms with Crippen LogP contribution in [-0.2, 0) is 4.74 Å². The van der Waals surface area contributed by atoms with Gasteiger partial charge in [-0.25, -0.2) is 0 Å². The molecule has 0 bridgehead atoms. The predicted octanol–water partition coefficient (Wildman–Crippen LogP) is 3.17. The van der Waals surface area contributed by atoms with Crippen molar-refractivity contribution in [2.75, 3.05) is 0 Å². The van der Waals surface area contributed by atoms with Crippen molar-refractivity contribution < 1.29 is 20.1 Å². The van der Waals surface area contributed by atoms with Gasteiger partial charge in [-0.05, 0) is 36.3 Å². The summed E-state index contributed by atoms with van der Waals surface area (Å²) >= 11 is 0. The van der Waals surface area contributed by atoms with Crippen molar-refractivity contribution in [1.82, 2.24) is 0 Å². The highest BCUT2D eigenvalue weighted by molar-refractivity contribution is 5.85. The fourth-order valence-corrected chi connectivity index (χ4v) is 2.62. The van der Waals surface area contributed by atoms with E-state index in [1.165, 1.54) is 6.08 Å². The fraction of sp³-hybridized carbons (Fsp3) is 0.176. The number of aromatic hydroxyl groups is 1. The van der Waals surface area contributed by atoms with Crippen LogP contribution in [0.5, 0.6) is 5.75 Å². The fourth-order valence-electron chi connectivity index (χ4n) is 2.62. The van der Waals surface area contributed by atoms with E-state index in [4.69, 9.17) is 4.74 Å². The summed E-state index contributed by atoms with van der Waals surface area (Å²) in [4.78, 5) is 0. The average molecular weight is 284 g/mol. The number of benzene rings is 1. The van der Waals surface area contributed by atoms with E-state index in [0.717, 1.165) is 11.1 Å². The molecule has 1 aliphatic heterocycles. The van der Waals surface area contributed by atoms with Gasteiger partial charge in [0.05, 0.1) is 17.4 Å². The molecule has 2 aliphatic rings. The van der Waals surface area contributed by atoms with Gasteiger partial charge < -0.3 is 20.1 Å². The number of hydrogen-bond donors (Lipinski definition) is 3. The van der Waals surface area contributed by atoms with Gasteiger partial charge in [-0.3, -0.25) is 0 Å². The van der Waals surface area contributed by atoms with Crippen LogP contribution < -0.4 is 0 Å². The first-order valence-corrected chi connectivity index (χ1v) is 6.61. The van der Waals surface area contributed by atoms with E-state index >= 15 is 0 Å².